The largest absolute Gasteiger partial charge is 0.351 e. The van der Waals surface area contributed by atoms with E-state index in [1.807, 2.05) is 25.6 Å². The highest BCUT2D eigenvalue weighted by Crippen LogP contribution is 2.29. The van der Waals surface area contributed by atoms with Crippen molar-refractivity contribution in [2.75, 3.05) is 18.0 Å². The van der Waals surface area contributed by atoms with Gasteiger partial charge in [0.05, 0.1) is 11.8 Å². The fourth-order valence-electron chi connectivity index (χ4n) is 3.18. The van der Waals surface area contributed by atoms with Crippen LogP contribution in [0, 0.1) is 0 Å². The Hall–Kier alpha value is -1.62. The number of nitrogens with one attached hydrogen (secondary N) is 1. The Bertz CT molecular complexity index is 616. The number of fused-ring (bicyclic) bond motifs is 1. The van der Waals surface area contributed by atoms with Crippen LogP contribution in [0.4, 0.5) is 5.82 Å². The molecule has 1 saturated heterocycles. The summed E-state index contributed by atoms with van der Waals surface area (Å²) in [6.07, 6.45) is 8.99. The minimum atomic E-state index is 0.565. The second-order valence-electron chi connectivity index (χ2n) is 6.03. The molecule has 1 aliphatic heterocycles. The third-order valence-electron chi connectivity index (χ3n) is 4.49. The van der Waals surface area contributed by atoms with Gasteiger partial charge in [-0.2, -0.15) is 0 Å². The van der Waals surface area contributed by atoms with Crippen molar-refractivity contribution in [3.8, 4) is 0 Å². The number of anilines is 1. The maximum atomic E-state index is 4.62. The highest BCUT2D eigenvalue weighted by atomic mass is 15.3. The molecule has 4 rings (SSSR count). The molecular weight excluding hydrogens is 250 g/mol. The molecule has 0 bridgehead atoms. The maximum absolute atomic E-state index is 4.62. The summed E-state index contributed by atoms with van der Waals surface area (Å²) in [4.78, 5) is 11.6. The summed E-state index contributed by atoms with van der Waals surface area (Å²) in [7, 11) is 2.04. The first-order valence-corrected chi connectivity index (χ1v) is 7.59. The Morgan fingerprint density at radius 3 is 3.05 bits per heavy atom. The van der Waals surface area contributed by atoms with Crippen LogP contribution in [0.1, 0.15) is 25.7 Å². The molecule has 1 atom stereocenters. The molecule has 1 aliphatic carbocycles. The Balaban J connectivity index is 1.63. The molecule has 0 spiro atoms. The van der Waals surface area contributed by atoms with Gasteiger partial charge in [-0.1, -0.05) is 0 Å². The maximum Gasteiger partial charge on any atom is 0.157 e. The summed E-state index contributed by atoms with van der Waals surface area (Å²) >= 11 is 0. The Morgan fingerprint density at radius 2 is 2.20 bits per heavy atom. The topological polar surface area (TPSA) is 46.0 Å². The van der Waals surface area contributed by atoms with Gasteiger partial charge in [0.25, 0.3) is 0 Å². The SMILES string of the molecule is Cn1cnc2c(N3CCCC3CNC3CC3)nccc21. The lowest BCUT2D eigenvalue weighted by molar-refractivity contribution is 0.569. The second-order valence-corrected chi connectivity index (χ2v) is 6.03. The normalized spacial score (nSPS) is 22.9. The molecule has 20 heavy (non-hydrogen) atoms. The molecule has 2 aromatic rings. The molecule has 0 aromatic carbocycles. The molecule has 1 N–H and O–H groups in total. The van der Waals surface area contributed by atoms with Crippen LogP contribution in [-0.2, 0) is 7.05 Å². The quantitative estimate of drug-likeness (QED) is 0.919. The van der Waals surface area contributed by atoms with Gasteiger partial charge in [0.15, 0.2) is 5.82 Å². The first-order chi connectivity index (χ1) is 9.83. The summed E-state index contributed by atoms with van der Waals surface area (Å²) in [5, 5.41) is 3.66. The van der Waals surface area contributed by atoms with Crippen LogP contribution in [0.3, 0.4) is 0 Å². The molecule has 1 unspecified atom stereocenters. The van der Waals surface area contributed by atoms with Gasteiger partial charge in [0.2, 0.25) is 0 Å². The number of imidazole rings is 1. The zero-order chi connectivity index (χ0) is 13.5. The molecule has 3 heterocycles. The average Bonchev–Trinajstić information content (AvgIpc) is 3.05. The highest BCUT2D eigenvalue weighted by molar-refractivity contribution is 5.86. The molecule has 2 aliphatic rings. The summed E-state index contributed by atoms with van der Waals surface area (Å²) in [6.45, 7) is 2.18. The highest BCUT2D eigenvalue weighted by Gasteiger charge is 2.29. The third-order valence-corrected chi connectivity index (χ3v) is 4.49. The van der Waals surface area contributed by atoms with Crippen LogP contribution in [-0.4, -0.2) is 39.7 Å². The van der Waals surface area contributed by atoms with E-state index < -0.39 is 0 Å². The molecule has 0 radical (unpaired) electrons. The van der Waals surface area contributed by atoms with E-state index in [1.165, 1.54) is 25.7 Å². The fourth-order valence-corrected chi connectivity index (χ4v) is 3.18. The van der Waals surface area contributed by atoms with Crippen molar-refractivity contribution in [2.24, 2.45) is 7.05 Å². The number of nitrogens with zero attached hydrogens (tertiary/aromatic N) is 4. The molecule has 0 amide bonds. The van der Waals surface area contributed by atoms with E-state index in [1.54, 1.807) is 0 Å². The molecule has 1 saturated carbocycles. The van der Waals surface area contributed by atoms with E-state index in [9.17, 15) is 0 Å². The number of aryl methyl sites for hydroxylation is 1. The zero-order valence-corrected chi connectivity index (χ0v) is 11.9. The van der Waals surface area contributed by atoms with E-state index in [4.69, 9.17) is 0 Å². The molecule has 5 nitrogen and oxygen atoms in total. The van der Waals surface area contributed by atoms with Crippen LogP contribution in [0.25, 0.3) is 11.0 Å². The van der Waals surface area contributed by atoms with E-state index in [0.29, 0.717) is 6.04 Å². The minimum Gasteiger partial charge on any atom is -0.351 e. The predicted molar refractivity (Wildman–Crippen MR) is 79.9 cm³/mol. The van der Waals surface area contributed by atoms with E-state index in [0.717, 1.165) is 36.0 Å². The Morgan fingerprint density at radius 1 is 1.30 bits per heavy atom. The van der Waals surface area contributed by atoms with Gasteiger partial charge < -0.3 is 14.8 Å². The Labute approximate surface area is 119 Å². The van der Waals surface area contributed by atoms with Crippen molar-refractivity contribution < 1.29 is 0 Å². The first-order valence-electron chi connectivity index (χ1n) is 7.59. The van der Waals surface area contributed by atoms with E-state index >= 15 is 0 Å². The number of rotatable bonds is 4. The zero-order valence-electron chi connectivity index (χ0n) is 11.9. The lowest BCUT2D eigenvalue weighted by atomic mass is 10.2. The number of aromatic nitrogens is 3. The molecule has 106 valence electrons. The van der Waals surface area contributed by atoms with Crippen LogP contribution >= 0.6 is 0 Å². The minimum absolute atomic E-state index is 0.565. The number of hydrogen-bond donors (Lipinski definition) is 1. The van der Waals surface area contributed by atoms with Gasteiger partial charge in [-0.25, -0.2) is 9.97 Å². The summed E-state index contributed by atoms with van der Waals surface area (Å²) in [5.74, 6) is 1.06. The smallest absolute Gasteiger partial charge is 0.157 e. The molecule has 5 heteroatoms. The summed E-state index contributed by atoms with van der Waals surface area (Å²) < 4.78 is 2.06. The third kappa shape index (κ3) is 2.06. The number of pyridine rings is 1. The van der Waals surface area contributed by atoms with Gasteiger partial charge in [0.1, 0.15) is 5.52 Å². The van der Waals surface area contributed by atoms with Crippen LogP contribution in [0.15, 0.2) is 18.6 Å². The van der Waals surface area contributed by atoms with Crippen molar-refractivity contribution in [2.45, 2.75) is 37.8 Å². The fraction of sp³-hybridized carbons (Fsp3) is 0.600. The lowest BCUT2D eigenvalue weighted by Crippen LogP contribution is -2.39. The number of hydrogen-bond acceptors (Lipinski definition) is 4. The summed E-state index contributed by atoms with van der Waals surface area (Å²) in [5.41, 5.74) is 2.20. The van der Waals surface area contributed by atoms with Gasteiger partial charge in [-0.3, -0.25) is 0 Å². The van der Waals surface area contributed by atoms with E-state index in [-0.39, 0.29) is 0 Å². The van der Waals surface area contributed by atoms with Crippen molar-refractivity contribution in [1.29, 1.82) is 0 Å². The van der Waals surface area contributed by atoms with Crippen LogP contribution in [0.2, 0.25) is 0 Å². The average molecular weight is 271 g/mol. The van der Waals surface area contributed by atoms with Crippen molar-refractivity contribution in [3.63, 3.8) is 0 Å². The molecule has 2 fully saturated rings. The standard InChI is InChI=1S/C15H21N5/c1-19-10-18-14-13(19)6-7-16-15(14)20-8-2-3-12(20)9-17-11-4-5-11/h6-7,10-12,17H,2-5,8-9H2,1H3. The summed E-state index contributed by atoms with van der Waals surface area (Å²) in [6, 6.07) is 3.38. The Kier molecular flexibility index (Phi) is 2.88. The van der Waals surface area contributed by atoms with Gasteiger partial charge in [0, 0.05) is 38.4 Å². The van der Waals surface area contributed by atoms with Crippen LogP contribution in [0.5, 0.6) is 0 Å². The van der Waals surface area contributed by atoms with E-state index in [2.05, 4.69) is 24.8 Å². The van der Waals surface area contributed by atoms with Crippen molar-refractivity contribution >= 4 is 16.9 Å². The van der Waals surface area contributed by atoms with Crippen molar-refractivity contribution in [1.82, 2.24) is 19.9 Å². The van der Waals surface area contributed by atoms with Gasteiger partial charge >= 0.3 is 0 Å². The van der Waals surface area contributed by atoms with Gasteiger partial charge in [-0.05, 0) is 31.7 Å². The second kappa shape index (κ2) is 4.74. The molecular formula is C15H21N5. The predicted octanol–water partition coefficient (Wildman–Crippen LogP) is 1.69. The van der Waals surface area contributed by atoms with Crippen LogP contribution < -0.4 is 10.2 Å². The van der Waals surface area contributed by atoms with Gasteiger partial charge in [-0.15, -0.1) is 0 Å². The monoisotopic (exact) mass is 271 g/mol. The molecule has 2 aromatic heterocycles. The van der Waals surface area contributed by atoms with Crippen molar-refractivity contribution in [3.05, 3.63) is 18.6 Å². The lowest BCUT2D eigenvalue weighted by Gasteiger charge is -2.26. The first kappa shape index (κ1) is 12.1.